The summed E-state index contributed by atoms with van der Waals surface area (Å²) in [5, 5.41) is 11.6. The lowest BCUT2D eigenvalue weighted by Crippen LogP contribution is -2.59. The number of rotatable bonds is 4. The van der Waals surface area contributed by atoms with Gasteiger partial charge in [-0.05, 0) is 52.2 Å². The monoisotopic (exact) mass is 495 g/mol. The molecule has 2 atom stereocenters. The van der Waals surface area contributed by atoms with E-state index in [0.29, 0.717) is 36.8 Å². The highest BCUT2D eigenvalue weighted by Crippen LogP contribution is 2.34. The van der Waals surface area contributed by atoms with Crippen LogP contribution < -0.4 is 0 Å². The van der Waals surface area contributed by atoms with E-state index in [9.17, 15) is 9.18 Å². The number of hydrogen-bond donors (Lipinski definition) is 0. The minimum absolute atomic E-state index is 0.0138. The fourth-order valence-electron chi connectivity index (χ4n) is 4.74. The van der Waals surface area contributed by atoms with E-state index in [4.69, 9.17) is 22.9 Å². The zero-order chi connectivity index (χ0) is 24.5. The zero-order valence-corrected chi connectivity index (χ0v) is 19.8. The lowest BCUT2D eigenvalue weighted by Gasteiger charge is -2.46. The Labute approximate surface area is 206 Å². The molecule has 0 bridgehead atoms. The van der Waals surface area contributed by atoms with Crippen molar-refractivity contribution in [2.45, 2.75) is 25.5 Å². The van der Waals surface area contributed by atoms with Crippen LogP contribution in [0.15, 0.2) is 36.7 Å². The van der Waals surface area contributed by atoms with E-state index in [1.807, 2.05) is 17.0 Å². The maximum Gasteiger partial charge on any atom is 0.227 e. The molecule has 3 heterocycles. The van der Waals surface area contributed by atoms with Crippen LogP contribution in [-0.4, -0.2) is 74.7 Å². The zero-order valence-electron chi connectivity index (χ0n) is 19.1. The molecule has 0 saturated carbocycles. The first-order valence-electron chi connectivity index (χ1n) is 11.3. The molecule has 2 fully saturated rings. The van der Waals surface area contributed by atoms with E-state index in [1.165, 1.54) is 17.1 Å². The molecule has 0 unspecified atom stereocenters. The predicted octanol–water partition coefficient (Wildman–Crippen LogP) is 3.14. The van der Waals surface area contributed by atoms with Gasteiger partial charge in [0.1, 0.15) is 12.1 Å². The number of aromatic nitrogens is 4. The molecule has 0 N–H and O–H groups in total. The number of fused-ring (bicyclic) bond motifs is 1. The minimum atomic E-state index is -0.507. The van der Waals surface area contributed by atoms with Gasteiger partial charge in [-0.15, -0.1) is 5.10 Å². The summed E-state index contributed by atoms with van der Waals surface area (Å²) in [4.78, 5) is 20.6. The second-order valence-electron chi connectivity index (χ2n) is 8.74. The van der Waals surface area contributed by atoms with Gasteiger partial charge < -0.3 is 9.64 Å². The third-order valence-electron chi connectivity index (χ3n) is 6.72. The number of carbonyl (C=O) groups is 1. The largest absolute Gasteiger partial charge is 0.371 e. The van der Waals surface area contributed by atoms with Crippen LogP contribution in [0.25, 0.3) is 10.5 Å². The Bertz CT molecular complexity index is 1290. The second kappa shape index (κ2) is 9.70. The average Bonchev–Trinajstić information content (AvgIpc) is 3.40. The van der Waals surface area contributed by atoms with Crippen molar-refractivity contribution in [3.05, 3.63) is 75.6 Å². The van der Waals surface area contributed by atoms with E-state index in [1.54, 1.807) is 19.1 Å². The lowest BCUT2D eigenvalue weighted by molar-refractivity contribution is -0.139. The first-order valence-corrected chi connectivity index (χ1v) is 11.6. The number of nitrogens with zero attached hydrogens (tertiary/aromatic N) is 7. The van der Waals surface area contributed by atoms with Gasteiger partial charge in [-0.3, -0.25) is 9.69 Å². The number of morpholine rings is 1. The Morgan fingerprint density at radius 2 is 2.14 bits per heavy atom. The summed E-state index contributed by atoms with van der Waals surface area (Å²) in [7, 11) is 0. The van der Waals surface area contributed by atoms with E-state index in [0.717, 1.165) is 23.4 Å². The van der Waals surface area contributed by atoms with Crippen LogP contribution in [0, 0.1) is 19.3 Å². The van der Waals surface area contributed by atoms with Crippen LogP contribution in [-0.2, 0) is 16.0 Å². The Morgan fingerprint density at radius 3 is 2.89 bits per heavy atom. The Balaban J connectivity index is 1.21. The summed E-state index contributed by atoms with van der Waals surface area (Å²) < 4.78 is 21.6. The predicted molar refractivity (Wildman–Crippen MR) is 126 cm³/mol. The number of carbonyl (C=O) groups excluding carboxylic acids is 1. The highest BCUT2D eigenvalue weighted by atomic mass is 35.5. The molecule has 1 amide bonds. The van der Waals surface area contributed by atoms with Crippen LogP contribution in [0.1, 0.15) is 22.8 Å². The van der Waals surface area contributed by atoms with E-state index in [2.05, 4.69) is 25.3 Å². The second-order valence-corrected chi connectivity index (χ2v) is 9.15. The number of ether oxygens (including phenoxy) is 1. The van der Waals surface area contributed by atoms with Crippen molar-refractivity contribution in [3.63, 3.8) is 0 Å². The van der Waals surface area contributed by atoms with Crippen molar-refractivity contribution >= 4 is 23.2 Å². The van der Waals surface area contributed by atoms with Gasteiger partial charge in [-0.1, -0.05) is 23.7 Å². The van der Waals surface area contributed by atoms with Crippen LogP contribution >= 0.6 is 11.6 Å². The van der Waals surface area contributed by atoms with E-state index < -0.39 is 5.82 Å². The topological polar surface area (TPSA) is 80.7 Å². The molecule has 9 nitrogen and oxygen atoms in total. The molecule has 2 aliphatic rings. The molecule has 0 spiro atoms. The number of halogens is 2. The van der Waals surface area contributed by atoms with Gasteiger partial charge in [0.25, 0.3) is 0 Å². The van der Waals surface area contributed by atoms with Crippen molar-refractivity contribution in [1.82, 2.24) is 30.0 Å². The Hall–Kier alpha value is -3.39. The van der Waals surface area contributed by atoms with Gasteiger partial charge in [0.05, 0.1) is 37.4 Å². The van der Waals surface area contributed by atoms with Gasteiger partial charge in [0, 0.05) is 31.2 Å². The lowest BCUT2D eigenvalue weighted by atomic mass is 9.98. The third kappa shape index (κ3) is 4.62. The number of piperazine rings is 1. The summed E-state index contributed by atoms with van der Waals surface area (Å²) in [6, 6.07) is 8.52. The molecule has 2 aliphatic heterocycles. The van der Waals surface area contributed by atoms with Crippen molar-refractivity contribution in [3.8, 4) is 5.69 Å². The summed E-state index contributed by atoms with van der Waals surface area (Å²) in [6.07, 6.45) is 1.46. The molecule has 2 saturated heterocycles. The van der Waals surface area contributed by atoms with Crippen LogP contribution in [0.2, 0.25) is 5.02 Å². The Morgan fingerprint density at radius 1 is 1.29 bits per heavy atom. The van der Waals surface area contributed by atoms with Gasteiger partial charge >= 0.3 is 0 Å². The molecule has 0 radical (unpaired) electrons. The normalized spacial score (nSPS) is 20.3. The molecule has 1 aromatic heterocycles. The number of hydrogen-bond acceptors (Lipinski definition) is 6. The fourth-order valence-corrected chi connectivity index (χ4v) is 4.99. The van der Waals surface area contributed by atoms with Crippen LogP contribution in [0.4, 0.5) is 10.1 Å². The van der Waals surface area contributed by atoms with Crippen molar-refractivity contribution in [2.24, 2.45) is 0 Å². The quantitative estimate of drug-likeness (QED) is 0.517. The molecule has 11 heteroatoms. The number of tetrazole rings is 1. The molecule has 35 heavy (non-hydrogen) atoms. The fraction of sp³-hybridized carbons (Fsp3) is 0.375. The van der Waals surface area contributed by atoms with Gasteiger partial charge in [-0.2, -0.15) is 0 Å². The minimum Gasteiger partial charge on any atom is -0.371 e. The highest BCUT2D eigenvalue weighted by Gasteiger charge is 2.36. The van der Waals surface area contributed by atoms with Gasteiger partial charge in [0.2, 0.25) is 11.6 Å². The SMILES string of the molecule is [C-]#[N+]c1c(F)ccc([C@@H]2CN3CCN(C(=O)Cc4ccc(-n5cnnn5)cc4Cl)C[C@@H]3CO2)c1C. The summed E-state index contributed by atoms with van der Waals surface area (Å²) in [5.41, 5.74) is 2.99. The first-order chi connectivity index (χ1) is 16.9. The highest BCUT2D eigenvalue weighted by molar-refractivity contribution is 6.31. The van der Waals surface area contributed by atoms with Gasteiger partial charge in [0.15, 0.2) is 0 Å². The van der Waals surface area contributed by atoms with Crippen molar-refractivity contribution in [2.75, 3.05) is 32.8 Å². The molecule has 3 aromatic rings. The Kier molecular flexibility index (Phi) is 6.47. The first kappa shape index (κ1) is 23.4. The van der Waals surface area contributed by atoms with Crippen molar-refractivity contribution < 1.29 is 13.9 Å². The molecule has 2 aromatic carbocycles. The van der Waals surface area contributed by atoms with Crippen LogP contribution in [0.5, 0.6) is 0 Å². The third-order valence-corrected chi connectivity index (χ3v) is 7.07. The standard InChI is InChI=1S/C24H23ClFN7O2/c1-15-19(5-6-21(26)24(15)27-2)22-12-31-7-8-32(11-18(31)13-35-22)23(34)9-16-3-4-17(10-20(16)25)33-14-28-29-30-33/h3-6,10,14,18,22H,7-9,11-13H2,1H3/t18-,22+/m1/s1. The molecule has 0 aliphatic carbocycles. The molecular formula is C24H23ClFN7O2. The summed E-state index contributed by atoms with van der Waals surface area (Å²) >= 11 is 6.44. The number of amides is 1. The maximum atomic E-state index is 13.9. The van der Waals surface area contributed by atoms with E-state index >= 15 is 0 Å². The average molecular weight is 496 g/mol. The van der Waals surface area contributed by atoms with Gasteiger partial charge in [-0.25, -0.2) is 13.9 Å². The maximum absolute atomic E-state index is 13.9. The summed E-state index contributed by atoms with van der Waals surface area (Å²) in [6.45, 7) is 12.0. The molecule has 180 valence electrons. The molecule has 5 rings (SSSR count). The van der Waals surface area contributed by atoms with Crippen molar-refractivity contribution in [1.29, 1.82) is 0 Å². The smallest absolute Gasteiger partial charge is 0.227 e. The van der Waals surface area contributed by atoms with E-state index in [-0.39, 0.29) is 30.2 Å². The number of benzene rings is 2. The van der Waals surface area contributed by atoms with Crippen LogP contribution in [0.3, 0.4) is 0 Å². The summed E-state index contributed by atoms with van der Waals surface area (Å²) in [5.74, 6) is -0.493. The molecular weight excluding hydrogens is 473 g/mol.